The van der Waals surface area contributed by atoms with E-state index in [0.717, 1.165) is 5.33 Å². The molecule has 0 radical (unpaired) electrons. The van der Waals surface area contributed by atoms with Gasteiger partial charge in [-0.25, -0.2) is 0 Å². The molecule has 0 heterocycles. The van der Waals surface area contributed by atoms with Crippen molar-refractivity contribution >= 4 is 15.9 Å². The summed E-state index contributed by atoms with van der Waals surface area (Å²) in [5, 5.41) is 1.00. The van der Waals surface area contributed by atoms with E-state index in [0.29, 0.717) is 5.92 Å². The van der Waals surface area contributed by atoms with Gasteiger partial charge >= 0.3 is 0 Å². The molecule has 0 saturated heterocycles. The molecule has 0 spiro atoms. The first-order valence-corrected chi connectivity index (χ1v) is 7.06. The average molecular weight is 289 g/mol. The van der Waals surface area contributed by atoms with Gasteiger partial charge in [0, 0.05) is 5.33 Å². The molecule has 0 aliphatic heterocycles. The maximum absolute atomic E-state index is 3.55. The molecule has 2 aromatic carbocycles. The highest BCUT2D eigenvalue weighted by Crippen LogP contribution is 2.27. The lowest BCUT2D eigenvalue weighted by atomic mass is 9.95. The topological polar surface area (TPSA) is 0 Å². The minimum absolute atomic E-state index is 0.555. The Morgan fingerprint density at radius 2 is 1.82 bits per heavy atom. The zero-order chi connectivity index (χ0) is 12.3. The molecular weight excluding hydrogens is 272 g/mol. The Morgan fingerprint density at radius 3 is 2.53 bits per heavy atom. The molecule has 0 aromatic heterocycles. The van der Waals surface area contributed by atoms with Crippen LogP contribution in [0.1, 0.15) is 24.0 Å². The quantitative estimate of drug-likeness (QED) is 0.685. The molecule has 0 aliphatic carbocycles. The first kappa shape index (κ1) is 12.4. The SMILES string of the molecule is Cc1ccccc1-c1cccc(C(C)CBr)c1. The second-order valence-electron chi connectivity index (χ2n) is 4.50. The Bertz CT molecular complexity index is 502. The monoisotopic (exact) mass is 288 g/mol. The van der Waals surface area contributed by atoms with E-state index in [2.05, 4.69) is 78.3 Å². The molecule has 1 heteroatoms. The van der Waals surface area contributed by atoms with E-state index in [4.69, 9.17) is 0 Å². The van der Waals surface area contributed by atoms with Gasteiger partial charge in [-0.1, -0.05) is 71.4 Å². The second-order valence-corrected chi connectivity index (χ2v) is 5.14. The van der Waals surface area contributed by atoms with Gasteiger partial charge in [0.25, 0.3) is 0 Å². The van der Waals surface area contributed by atoms with E-state index < -0.39 is 0 Å². The molecule has 0 fully saturated rings. The van der Waals surface area contributed by atoms with Crippen LogP contribution < -0.4 is 0 Å². The normalized spacial score (nSPS) is 12.4. The van der Waals surface area contributed by atoms with Gasteiger partial charge < -0.3 is 0 Å². The Balaban J connectivity index is 2.43. The van der Waals surface area contributed by atoms with Crippen LogP contribution in [0.4, 0.5) is 0 Å². The fourth-order valence-electron chi connectivity index (χ4n) is 2.00. The Morgan fingerprint density at radius 1 is 1.06 bits per heavy atom. The van der Waals surface area contributed by atoms with Gasteiger partial charge in [-0.15, -0.1) is 0 Å². The minimum Gasteiger partial charge on any atom is -0.0922 e. The number of benzene rings is 2. The Hall–Kier alpha value is -1.08. The fraction of sp³-hybridized carbons (Fsp3) is 0.250. The molecule has 2 aromatic rings. The average Bonchev–Trinajstić information content (AvgIpc) is 2.38. The summed E-state index contributed by atoms with van der Waals surface area (Å²) in [6.07, 6.45) is 0. The summed E-state index contributed by atoms with van der Waals surface area (Å²) in [4.78, 5) is 0. The lowest BCUT2D eigenvalue weighted by Gasteiger charge is -2.11. The standard InChI is InChI=1S/C16H17Br/c1-12-6-3-4-9-16(12)15-8-5-7-14(10-15)13(2)11-17/h3-10,13H,11H2,1-2H3. The lowest BCUT2D eigenvalue weighted by Crippen LogP contribution is -1.94. The van der Waals surface area contributed by atoms with Gasteiger partial charge in [0.1, 0.15) is 0 Å². The van der Waals surface area contributed by atoms with Gasteiger partial charge in [-0.05, 0) is 35.1 Å². The molecule has 0 amide bonds. The molecule has 0 aliphatic rings. The summed E-state index contributed by atoms with van der Waals surface area (Å²) in [5.41, 5.74) is 5.36. The third kappa shape index (κ3) is 2.78. The molecular formula is C16H17Br. The van der Waals surface area contributed by atoms with Crippen LogP contribution in [0, 0.1) is 6.92 Å². The highest BCUT2D eigenvalue weighted by Gasteiger charge is 2.06. The molecule has 1 unspecified atom stereocenters. The van der Waals surface area contributed by atoms with Gasteiger partial charge in [-0.2, -0.15) is 0 Å². The molecule has 0 N–H and O–H groups in total. The summed E-state index contributed by atoms with van der Waals surface area (Å²) in [6.45, 7) is 4.40. The van der Waals surface area contributed by atoms with Crippen molar-refractivity contribution in [3.05, 3.63) is 59.7 Å². The van der Waals surface area contributed by atoms with Crippen LogP contribution >= 0.6 is 15.9 Å². The zero-order valence-electron chi connectivity index (χ0n) is 10.3. The molecule has 0 bridgehead atoms. The number of alkyl halides is 1. The number of hydrogen-bond acceptors (Lipinski definition) is 0. The summed E-state index contributed by atoms with van der Waals surface area (Å²) < 4.78 is 0. The first-order valence-electron chi connectivity index (χ1n) is 5.94. The van der Waals surface area contributed by atoms with Crippen LogP contribution in [-0.2, 0) is 0 Å². The van der Waals surface area contributed by atoms with Crippen molar-refractivity contribution in [3.63, 3.8) is 0 Å². The van der Waals surface area contributed by atoms with E-state index in [-0.39, 0.29) is 0 Å². The zero-order valence-corrected chi connectivity index (χ0v) is 11.9. The lowest BCUT2D eigenvalue weighted by molar-refractivity contribution is 0.888. The third-order valence-electron chi connectivity index (χ3n) is 3.14. The Kier molecular flexibility index (Phi) is 4.01. The number of hydrogen-bond donors (Lipinski definition) is 0. The van der Waals surface area contributed by atoms with Gasteiger partial charge in [-0.3, -0.25) is 0 Å². The van der Waals surface area contributed by atoms with Crippen LogP contribution in [0.3, 0.4) is 0 Å². The van der Waals surface area contributed by atoms with Crippen LogP contribution in [0.15, 0.2) is 48.5 Å². The number of halogens is 1. The maximum Gasteiger partial charge on any atom is 0.00975 e. The van der Waals surface area contributed by atoms with Crippen molar-refractivity contribution in [2.45, 2.75) is 19.8 Å². The van der Waals surface area contributed by atoms with Crippen LogP contribution in [0.25, 0.3) is 11.1 Å². The molecule has 88 valence electrons. The predicted octanol–water partition coefficient (Wildman–Crippen LogP) is 5.16. The van der Waals surface area contributed by atoms with Crippen molar-refractivity contribution in [3.8, 4) is 11.1 Å². The maximum atomic E-state index is 3.55. The van der Waals surface area contributed by atoms with E-state index in [1.807, 2.05) is 0 Å². The van der Waals surface area contributed by atoms with Crippen molar-refractivity contribution in [2.24, 2.45) is 0 Å². The van der Waals surface area contributed by atoms with E-state index in [1.54, 1.807) is 0 Å². The molecule has 1 atom stereocenters. The molecule has 0 nitrogen and oxygen atoms in total. The van der Waals surface area contributed by atoms with Crippen molar-refractivity contribution in [2.75, 3.05) is 5.33 Å². The summed E-state index contributed by atoms with van der Waals surface area (Å²) in [7, 11) is 0. The van der Waals surface area contributed by atoms with Crippen molar-refractivity contribution < 1.29 is 0 Å². The Labute approximate surface area is 112 Å². The van der Waals surface area contributed by atoms with Crippen molar-refractivity contribution in [1.29, 1.82) is 0 Å². The predicted molar refractivity (Wildman–Crippen MR) is 78.8 cm³/mol. The molecule has 17 heavy (non-hydrogen) atoms. The van der Waals surface area contributed by atoms with Crippen LogP contribution in [0.2, 0.25) is 0 Å². The second kappa shape index (κ2) is 5.50. The van der Waals surface area contributed by atoms with Crippen molar-refractivity contribution in [1.82, 2.24) is 0 Å². The largest absolute Gasteiger partial charge is 0.0922 e. The highest BCUT2D eigenvalue weighted by molar-refractivity contribution is 9.09. The first-order chi connectivity index (χ1) is 8.22. The summed E-state index contributed by atoms with van der Waals surface area (Å²) >= 11 is 3.55. The fourth-order valence-corrected chi connectivity index (χ4v) is 2.37. The van der Waals surface area contributed by atoms with Gasteiger partial charge in [0.2, 0.25) is 0 Å². The molecule has 0 saturated carbocycles. The third-order valence-corrected chi connectivity index (χ3v) is 4.11. The van der Waals surface area contributed by atoms with E-state index in [9.17, 15) is 0 Å². The number of rotatable bonds is 3. The van der Waals surface area contributed by atoms with E-state index in [1.165, 1.54) is 22.3 Å². The van der Waals surface area contributed by atoms with Gasteiger partial charge in [0.15, 0.2) is 0 Å². The smallest absolute Gasteiger partial charge is 0.00975 e. The molecule has 2 rings (SSSR count). The number of aryl methyl sites for hydroxylation is 1. The van der Waals surface area contributed by atoms with Crippen LogP contribution in [0.5, 0.6) is 0 Å². The van der Waals surface area contributed by atoms with Crippen LogP contribution in [-0.4, -0.2) is 5.33 Å². The van der Waals surface area contributed by atoms with Gasteiger partial charge in [0.05, 0.1) is 0 Å². The summed E-state index contributed by atoms with van der Waals surface area (Å²) in [5.74, 6) is 0.555. The van der Waals surface area contributed by atoms with E-state index >= 15 is 0 Å². The summed E-state index contributed by atoms with van der Waals surface area (Å²) in [6, 6.07) is 17.4. The highest BCUT2D eigenvalue weighted by atomic mass is 79.9. The minimum atomic E-state index is 0.555.